The third-order valence-electron chi connectivity index (χ3n) is 8.77. The van der Waals surface area contributed by atoms with Gasteiger partial charge in [0.25, 0.3) is 20.0 Å². The van der Waals surface area contributed by atoms with E-state index in [2.05, 4.69) is 9.44 Å². The number of carbonyl (C=O) groups excluding carboxylic acids is 2. The van der Waals surface area contributed by atoms with Crippen molar-refractivity contribution in [2.45, 2.75) is 55.6 Å². The molecule has 0 saturated heterocycles. The lowest BCUT2D eigenvalue weighted by atomic mass is 9.77. The average molecular weight is 775 g/mol. The van der Waals surface area contributed by atoms with Gasteiger partial charge in [-0.25, -0.2) is 35.2 Å². The third kappa shape index (κ3) is 6.43. The molecule has 2 aliphatic rings. The van der Waals surface area contributed by atoms with Gasteiger partial charge in [-0.3, -0.25) is 9.44 Å². The first kappa shape index (κ1) is 36.6. The van der Waals surface area contributed by atoms with Crippen LogP contribution in [0.5, 0.6) is 11.5 Å². The first-order chi connectivity index (χ1) is 25.3. The second-order valence-electron chi connectivity index (χ2n) is 13.9. The van der Waals surface area contributed by atoms with Gasteiger partial charge in [0.1, 0.15) is 28.7 Å². The van der Waals surface area contributed by atoms with Crippen molar-refractivity contribution in [1.82, 2.24) is 0 Å². The Labute approximate surface area is 310 Å². The molecule has 5 aromatic rings. The number of ether oxygens (including phenoxy) is 3. The summed E-state index contributed by atoms with van der Waals surface area (Å²) >= 11 is 0. The number of fused-ring (bicyclic) bond motifs is 6. The van der Waals surface area contributed by atoms with Crippen LogP contribution in [0, 0.1) is 25.5 Å². The number of hydrogen-bond donors (Lipinski definition) is 2. The van der Waals surface area contributed by atoms with Crippen LogP contribution in [0.1, 0.15) is 69.3 Å². The Morgan fingerprint density at radius 1 is 0.685 bits per heavy atom. The zero-order valence-electron chi connectivity index (χ0n) is 29.4. The van der Waals surface area contributed by atoms with Gasteiger partial charge >= 0.3 is 11.9 Å². The minimum absolute atomic E-state index is 0.00395. The van der Waals surface area contributed by atoms with Gasteiger partial charge in [-0.05, 0) is 83.1 Å². The van der Waals surface area contributed by atoms with E-state index in [1.165, 1.54) is 42.5 Å². The highest BCUT2D eigenvalue weighted by Gasteiger charge is 2.54. The SMILES string of the molecule is Cc1ccc(S(=O)(=O)Nc2cc3c(cc2F)C2(OC(=O)c4cc(C(=O)OC(C)(C)C)ccc42)c2cc(F)c(NS(=O)(=O)c4ccc(C)cc4)cc2O3)cc1. The first-order valence-corrected chi connectivity index (χ1v) is 19.4. The molecule has 0 amide bonds. The zero-order chi connectivity index (χ0) is 39.0. The highest BCUT2D eigenvalue weighted by atomic mass is 32.2. The zero-order valence-corrected chi connectivity index (χ0v) is 31.0. The number of benzene rings is 5. The molecule has 0 fully saturated rings. The van der Waals surface area contributed by atoms with Crippen LogP contribution in [0.15, 0.2) is 101 Å². The molecule has 5 aromatic carbocycles. The summed E-state index contributed by atoms with van der Waals surface area (Å²) in [6.45, 7) is 8.56. The fraction of sp³-hybridized carbons (Fsp3) is 0.179. The van der Waals surface area contributed by atoms with Gasteiger partial charge in [-0.15, -0.1) is 0 Å². The van der Waals surface area contributed by atoms with Crippen LogP contribution < -0.4 is 14.2 Å². The van der Waals surface area contributed by atoms with Gasteiger partial charge in [0.05, 0.1) is 43.4 Å². The highest BCUT2D eigenvalue weighted by Crippen LogP contribution is 2.57. The molecule has 0 aromatic heterocycles. The van der Waals surface area contributed by atoms with Gasteiger partial charge in [-0.2, -0.15) is 0 Å². The van der Waals surface area contributed by atoms with Crippen molar-refractivity contribution in [3.8, 4) is 11.5 Å². The lowest BCUT2D eigenvalue weighted by molar-refractivity contribution is 0.00689. The number of rotatable bonds is 7. The maximum Gasteiger partial charge on any atom is 0.340 e. The second kappa shape index (κ2) is 12.7. The Morgan fingerprint density at radius 3 is 1.59 bits per heavy atom. The number of hydrogen-bond acceptors (Lipinski definition) is 9. The van der Waals surface area contributed by atoms with E-state index in [-0.39, 0.29) is 49.1 Å². The number of carbonyl (C=O) groups is 2. The largest absolute Gasteiger partial charge is 0.456 e. The maximum absolute atomic E-state index is 16.1. The molecular formula is C39H32F2N2O9S2. The van der Waals surface area contributed by atoms with Gasteiger partial charge < -0.3 is 14.2 Å². The number of nitrogens with one attached hydrogen (secondary N) is 2. The predicted octanol–water partition coefficient (Wildman–Crippen LogP) is 7.71. The summed E-state index contributed by atoms with van der Waals surface area (Å²) in [5, 5.41) is 0. The van der Waals surface area contributed by atoms with Gasteiger partial charge in [-0.1, -0.05) is 41.5 Å². The van der Waals surface area contributed by atoms with Crippen molar-refractivity contribution in [3.63, 3.8) is 0 Å². The van der Waals surface area contributed by atoms with E-state index in [1.54, 1.807) is 58.9 Å². The van der Waals surface area contributed by atoms with Gasteiger partial charge in [0.2, 0.25) is 0 Å². The monoisotopic (exact) mass is 774 g/mol. The Morgan fingerprint density at radius 2 is 1.15 bits per heavy atom. The van der Waals surface area contributed by atoms with Crippen molar-refractivity contribution in [3.05, 3.63) is 142 Å². The molecule has 54 heavy (non-hydrogen) atoms. The Hall–Kier alpha value is -5.80. The molecule has 1 spiro atoms. The maximum atomic E-state index is 16.1. The standard InChI is InChI=1S/C39H32F2N2O9S2/c1-21-6-11-24(12-7-21)53(46,47)42-32-19-34-28(17-30(32)40)39(27-15-10-23(16-26(27)37(45)52-39)36(44)51-38(3,4)5)29-18-31(41)33(20-35(29)50-34)43-54(48,49)25-13-8-22(2)9-14-25/h6-20,42-43H,1-5H3. The van der Waals surface area contributed by atoms with Crippen LogP contribution in [-0.4, -0.2) is 34.4 Å². The summed E-state index contributed by atoms with van der Waals surface area (Å²) in [6.07, 6.45) is 0. The number of aryl methyl sites for hydroxylation is 2. The van der Waals surface area contributed by atoms with Crippen LogP contribution in [-0.2, 0) is 35.1 Å². The summed E-state index contributed by atoms with van der Waals surface area (Å²) in [4.78, 5) is 26.3. The van der Waals surface area contributed by atoms with E-state index in [0.717, 1.165) is 35.4 Å². The van der Waals surface area contributed by atoms with E-state index in [9.17, 15) is 26.4 Å². The molecule has 7 rings (SSSR count). The van der Waals surface area contributed by atoms with E-state index in [4.69, 9.17) is 14.2 Å². The molecule has 0 saturated carbocycles. The fourth-order valence-electron chi connectivity index (χ4n) is 6.22. The molecule has 0 unspecified atom stereocenters. The molecular weight excluding hydrogens is 743 g/mol. The molecule has 0 bridgehead atoms. The molecule has 15 heteroatoms. The third-order valence-corrected chi connectivity index (χ3v) is 11.5. The van der Waals surface area contributed by atoms with Crippen LogP contribution in [0.3, 0.4) is 0 Å². The predicted molar refractivity (Wildman–Crippen MR) is 194 cm³/mol. The lowest BCUT2D eigenvalue weighted by Crippen LogP contribution is -2.33. The lowest BCUT2D eigenvalue weighted by Gasteiger charge is -2.37. The normalized spacial score (nSPS) is 14.3. The van der Waals surface area contributed by atoms with E-state index < -0.39 is 66.2 Å². The van der Waals surface area contributed by atoms with Gasteiger partial charge in [0, 0.05) is 17.7 Å². The summed E-state index contributed by atoms with van der Waals surface area (Å²) in [5.74, 6) is -4.28. The minimum atomic E-state index is -4.31. The van der Waals surface area contributed by atoms with Crippen LogP contribution in [0.25, 0.3) is 0 Å². The average Bonchev–Trinajstić information content (AvgIpc) is 3.37. The fourth-order valence-corrected chi connectivity index (χ4v) is 8.34. The van der Waals surface area contributed by atoms with E-state index in [1.807, 2.05) is 0 Å². The molecule has 0 atom stereocenters. The topological polar surface area (TPSA) is 154 Å². The molecule has 11 nitrogen and oxygen atoms in total. The van der Waals surface area contributed by atoms with Crippen molar-refractivity contribution >= 4 is 43.4 Å². The summed E-state index contributed by atoms with van der Waals surface area (Å²) < 4.78 is 107. The Bertz CT molecular complexity index is 2490. The van der Waals surface area contributed by atoms with Crippen molar-refractivity contribution in [2.24, 2.45) is 0 Å². The van der Waals surface area contributed by atoms with Crippen molar-refractivity contribution in [2.75, 3.05) is 9.44 Å². The van der Waals surface area contributed by atoms with Gasteiger partial charge in [0.15, 0.2) is 5.60 Å². The Balaban J connectivity index is 1.39. The van der Waals surface area contributed by atoms with E-state index >= 15 is 8.78 Å². The number of anilines is 2. The van der Waals surface area contributed by atoms with Crippen LogP contribution in [0.4, 0.5) is 20.2 Å². The molecule has 2 N–H and O–H groups in total. The Kier molecular flexibility index (Phi) is 8.57. The minimum Gasteiger partial charge on any atom is -0.456 e. The molecule has 2 aliphatic heterocycles. The molecule has 2 heterocycles. The smallest absolute Gasteiger partial charge is 0.340 e. The summed E-state index contributed by atoms with van der Waals surface area (Å²) in [6, 6.07) is 19.6. The molecule has 0 radical (unpaired) electrons. The summed E-state index contributed by atoms with van der Waals surface area (Å²) in [5.41, 5.74) is -2.75. The number of esters is 2. The quantitative estimate of drug-likeness (QED) is 0.158. The molecule has 0 aliphatic carbocycles. The first-order valence-electron chi connectivity index (χ1n) is 16.4. The van der Waals surface area contributed by atoms with Crippen molar-refractivity contribution < 1.29 is 49.4 Å². The number of sulfonamides is 2. The molecule has 278 valence electrons. The van der Waals surface area contributed by atoms with E-state index in [0.29, 0.717) is 0 Å². The van der Waals surface area contributed by atoms with Crippen LogP contribution in [0.2, 0.25) is 0 Å². The summed E-state index contributed by atoms with van der Waals surface area (Å²) in [7, 11) is -8.63. The number of halogens is 2. The second-order valence-corrected chi connectivity index (χ2v) is 17.3. The van der Waals surface area contributed by atoms with Crippen molar-refractivity contribution in [1.29, 1.82) is 0 Å². The highest BCUT2D eigenvalue weighted by molar-refractivity contribution is 7.93. The van der Waals surface area contributed by atoms with Crippen LogP contribution >= 0.6 is 0 Å².